The Balaban J connectivity index is 1.89. The summed E-state index contributed by atoms with van der Waals surface area (Å²) < 4.78 is 5.34. The van der Waals surface area contributed by atoms with E-state index in [9.17, 15) is 4.79 Å². The van der Waals surface area contributed by atoms with Crippen LogP contribution in [0.2, 0.25) is 5.02 Å². The molecule has 0 heterocycles. The fourth-order valence-electron chi connectivity index (χ4n) is 1.72. The molecule has 2 N–H and O–H groups in total. The first-order valence-electron chi connectivity index (χ1n) is 6.76. The number of rotatable bonds is 5. The smallest absolute Gasteiger partial charge is 0.339 e. The zero-order valence-electron chi connectivity index (χ0n) is 12.0. The second-order valence-electron chi connectivity index (χ2n) is 4.31. The molecule has 2 rings (SSSR count). The first-order chi connectivity index (χ1) is 10.7. The second-order valence-corrected chi connectivity index (χ2v) is 4.72. The molecule has 0 aliphatic carbocycles. The third-order valence-electron chi connectivity index (χ3n) is 2.67. The van der Waals surface area contributed by atoms with E-state index in [0.29, 0.717) is 23.1 Å². The average molecular weight is 318 g/mol. The highest BCUT2D eigenvalue weighted by Crippen LogP contribution is 2.24. The molecule has 0 radical (unpaired) electrons. The summed E-state index contributed by atoms with van der Waals surface area (Å²) in [4.78, 5) is 11.6. The normalized spacial score (nSPS) is 10.5. The summed E-state index contributed by atoms with van der Waals surface area (Å²) in [5.41, 5.74) is 3.84. The Morgan fingerprint density at radius 1 is 1.27 bits per heavy atom. The standard InChI is InChI=1S/C16H16ClN3O2/c1-2-22-15-9-8-12(10-14(15)17)11-18-20-16(21)19-13-6-4-3-5-7-13/h3-11H,2H2,1H3,(H2,19,20,21)/b18-11+. The molecular weight excluding hydrogens is 302 g/mol. The molecule has 0 aromatic heterocycles. The highest BCUT2D eigenvalue weighted by atomic mass is 35.5. The number of hydrazone groups is 1. The predicted octanol–water partition coefficient (Wildman–Crippen LogP) is 3.89. The maximum absolute atomic E-state index is 11.6. The van der Waals surface area contributed by atoms with Crippen LogP contribution < -0.4 is 15.5 Å². The number of halogens is 1. The molecule has 114 valence electrons. The van der Waals surface area contributed by atoms with Crippen molar-refractivity contribution in [2.24, 2.45) is 5.10 Å². The van der Waals surface area contributed by atoms with Crippen LogP contribution in [0.4, 0.5) is 10.5 Å². The summed E-state index contributed by atoms with van der Waals surface area (Å²) >= 11 is 6.07. The number of carbonyl (C=O) groups excluding carboxylic acids is 1. The maximum atomic E-state index is 11.6. The third-order valence-corrected chi connectivity index (χ3v) is 2.96. The van der Waals surface area contributed by atoms with Gasteiger partial charge in [-0.25, -0.2) is 10.2 Å². The van der Waals surface area contributed by atoms with Crippen LogP contribution in [0.3, 0.4) is 0 Å². The van der Waals surface area contributed by atoms with Crippen molar-refractivity contribution in [3.8, 4) is 5.75 Å². The Hall–Kier alpha value is -2.53. The molecule has 0 saturated heterocycles. The lowest BCUT2D eigenvalue weighted by atomic mass is 10.2. The van der Waals surface area contributed by atoms with Crippen LogP contribution in [0.5, 0.6) is 5.75 Å². The number of carbonyl (C=O) groups is 1. The molecule has 22 heavy (non-hydrogen) atoms. The van der Waals surface area contributed by atoms with Crippen LogP contribution in [0.15, 0.2) is 53.6 Å². The van der Waals surface area contributed by atoms with Gasteiger partial charge in [0.15, 0.2) is 0 Å². The topological polar surface area (TPSA) is 62.7 Å². The van der Waals surface area contributed by atoms with E-state index in [1.54, 1.807) is 30.3 Å². The van der Waals surface area contributed by atoms with Crippen molar-refractivity contribution in [2.45, 2.75) is 6.92 Å². The average Bonchev–Trinajstić information content (AvgIpc) is 2.51. The number of nitrogens with zero attached hydrogens (tertiary/aromatic N) is 1. The van der Waals surface area contributed by atoms with Gasteiger partial charge in [-0.3, -0.25) is 0 Å². The summed E-state index contributed by atoms with van der Waals surface area (Å²) in [7, 11) is 0. The fourth-order valence-corrected chi connectivity index (χ4v) is 1.96. The number of para-hydroxylation sites is 1. The molecule has 0 spiro atoms. The number of urea groups is 1. The number of benzene rings is 2. The molecule has 0 fully saturated rings. The summed E-state index contributed by atoms with van der Waals surface area (Å²) in [5, 5.41) is 7.02. The van der Waals surface area contributed by atoms with E-state index in [-0.39, 0.29) is 0 Å². The lowest BCUT2D eigenvalue weighted by Crippen LogP contribution is -2.24. The lowest BCUT2D eigenvalue weighted by Gasteiger charge is -2.05. The molecule has 0 saturated carbocycles. The van der Waals surface area contributed by atoms with Crippen molar-refractivity contribution in [1.82, 2.24) is 5.43 Å². The number of amides is 2. The zero-order valence-corrected chi connectivity index (χ0v) is 12.8. The molecule has 2 aromatic rings. The number of nitrogens with one attached hydrogen (secondary N) is 2. The minimum Gasteiger partial charge on any atom is -0.492 e. The van der Waals surface area contributed by atoms with Crippen LogP contribution in [0.25, 0.3) is 0 Å². The van der Waals surface area contributed by atoms with Crippen molar-refractivity contribution in [2.75, 3.05) is 11.9 Å². The molecule has 0 atom stereocenters. The molecule has 2 aromatic carbocycles. The maximum Gasteiger partial charge on any atom is 0.339 e. The van der Waals surface area contributed by atoms with Gasteiger partial charge in [-0.15, -0.1) is 0 Å². The Morgan fingerprint density at radius 2 is 2.05 bits per heavy atom. The van der Waals surface area contributed by atoms with Gasteiger partial charge in [0.25, 0.3) is 0 Å². The fraction of sp³-hybridized carbons (Fsp3) is 0.125. The minimum atomic E-state index is -0.417. The number of hydrogen-bond acceptors (Lipinski definition) is 3. The largest absolute Gasteiger partial charge is 0.492 e. The predicted molar refractivity (Wildman–Crippen MR) is 88.8 cm³/mol. The first kappa shape index (κ1) is 15.9. The lowest BCUT2D eigenvalue weighted by molar-refractivity contribution is 0.252. The highest BCUT2D eigenvalue weighted by molar-refractivity contribution is 6.32. The molecule has 5 nitrogen and oxygen atoms in total. The molecule has 0 unspecified atom stereocenters. The molecule has 0 bridgehead atoms. The van der Waals surface area contributed by atoms with Crippen molar-refractivity contribution >= 4 is 29.5 Å². The summed E-state index contributed by atoms with van der Waals surface area (Å²) in [6, 6.07) is 14.0. The molecular formula is C16H16ClN3O2. The van der Waals surface area contributed by atoms with E-state index in [4.69, 9.17) is 16.3 Å². The SMILES string of the molecule is CCOc1ccc(/C=N/NC(=O)Nc2ccccc2)cc1Cl. The van der Waals surface area contributed by atoms with Crippen LogP contribution in [0.1, 0.15) is 12.5 Å². The Kier molecular flexibility index (Phi) is 5.80. The molecule has 0 aliphatic heterocycles. The van der Waals surface area contributed by atoms with Gasteiger partial charge in [-0.2, -0.15) is 5.10 Å². The summed E-state index contributed by atoms with van der Waals surface area (Å²) in [5.74, 6) is 0.621. The second kappa shape index (κ2) is 8.05. The Bertz CT molecular complexity index is 660. The van der Waals surface area contributed by atoms with Gasteiger partial charge in [-0.1, -0.05) is 29.8 Å². The van der Waals surface area contributed by atoms with Crippen LogP contribution in [-0.4, -0.2) is 18.9 Å². The molecule has 6 heteroatoms. The third kappa shape index (κ3) is 4.79. The van der Waals surface area contributed by atoms with Gasteiger partial charge < -0.3 is 10.1 Å². The highest BCUT2D eigenvalue weighted by Gasteiger charge is 2.02. The quantitative estimate of drug-likeness (QED) is 0.649. The van der Waals surface area contributed by atoms with Crippen molar-refractivity contribution < 1.29 is 9.53 Å². The van der Waals surface area contributed by atoms with Gasteiger partial charge in [-0.05, 0) is 42.8 Å². The van der Waals surface area contributed by atoms with Crippen molar-refractivity contribution in [3.63, 3.8) is 0 Å². The van der Waals surface area contributed by atoms with Crippen LogP contribution in [0, 0.1) is 0 Å². The monoisotopic (exact) mass is 317 g/mol. The minimum absolute atomic E-state index is 0.417. The summed E-state index contributed by atoms with van der Waals surface area (Å²) in [6.45, 7) is 2.44. The van der Waals surface area contributed by atoms with Gasteiger partial charge in [0, 0.05) is 5.69 Å². The Labute approximate surface area is 133 Å². The first-order valence-corrected chi connectivity index (χ1v) is 7.14. The van der Waals surface area contributed by atoms with Crippen LogP contribution >= 0.6 is 11.6 Å². The van der Waals surface area contributed by atoms with Gasteiger partial charge in [0.05, 0.1) is 17.8 Å². The van der Waals surface area contributed by atoms with E-state index < -0.39 is 6.03 Å². The number of anilines is 1. The van der Waals surface area contributed by atoms with Gasteiger partial charge in [0.1, 0.15) is 5.75 Å². The van der Waals surface area contributed by atoms with E-state index in [1.807, 2.05) is 25.1 Å². The van der Waals surface area contributed by atoms with Crippen molar-refractivity contribution in [1.29, 1.82) is 0 Å². The Morgan fingerprint density at radius 3 is 2.73 bits per heavy atom. The van der Waals surface area contributed by atoms with Crippen molar-refractivity contribution in [3.05, 3.63) is 59.1 Å². The molecule has 0 aliphatic rings. The van der Waals surface area contributed by atoms with E-state index >= 15 is 0 Å². The van der Waals surface area contributed by atoms with E-state index in [0.717, 1.165) is 5.56 Å². The number of ether oxygens (including phenoxy) is 1. The van der Waals surface area contributed by atoms with Gasteiger partial charge >= 0.3 is 6.03 Å². The van der Waals surface area contributed by atoms with E-state index in [2.05, 4.69) is 15.8 Å². The summed E-state index contributed by atoms with van der Waals surface area (Å²) in [6.07, 6.45) is 1.51. The van der Waals surface area contributed by atoms with Crippen LogP contribution in [-0.2, 0) is 0 Å². The molecule has 2 amide bonds. The van der Waals surface area contributed by atoms with Gasteiger partial charge in [0.2, 0.25) is 0 Å². The zero-order chi connectivity index (χ0) is 15.8. The number of hydrogen-bond donors (Lipinski definition) is 2. The van der Waals surface area contributed by atoms with E-state index in [1.165, 1.54) is 6.21 Å².